The molecule has 0 unspecified atom stereocenters. The minimum atomic E-state index is -0.645. The Bertz CT molecular complexity index is 791. The SMILES string of the molecule is Cc1ccc(C)c(CC(=O)ON2C(=O)c3ccccc3C2=O)c1. The standard InChI is InChI=1S/C18H15NO4/c1-11-7-8-12(2)13(9-11)10-16(20)23-19-17(21)14-5-3-4-6-15(14)18(19)22/h3-9H,10H2,1-2H3. The van der Waals surface area contributed by atoms with E-state index in [1.54, 1.807) is 12.1 Å². The van der Waals surface area contributed by atoms with E-state index in [2.05, 4.69) is 0 Å². The Balaban J connectivity index is 1.76. The summed E-state index contributed by atoms with van der Waals surface area (Å²) in [6.45, 7) is 3.82. The van der Waals surface area contributed by atoms with E-state index in [0.29, 0.717) is 5.06 Å². The maximum atomic E-state index is 12.1. The van der Waals surface area contributed by atoms with Gasteiger partial charge in [0.15, 0.2) is 0 Å². The van der Waals surface area contributed by atoms with E-state index in [0.717, 1.165) is 16.7 Å². The van der Waals surface area contributed by atoms with Gasteiger partial charge in [0, 0.05) is 0 Å². The fraction of sp³-hybridized carbons (Fsp3) is 0.167. The van der Waals surface area contributed by atoms with Crippen LogP contribution in [0.1, 0.15) is 37.4 Å². The average Bonchev–Trinajstić information content (AvgIpc) is 2.76. The number of imide groups is 1. The summed E-state index contributed by atoms with van der Waals surface area (Å²) in [6.07, 6.45) is 0.000911. The van der Waals surface area contributed by atoms with Gasteiger partial charge < -0.3 is 4.84 Å². The van der Waals surface area contributed by atoms with Crippen LogP contribution < -0.4 is 0 Å². The van der Waals surface area contributed by atoms with Gasteiger partial charge in [0.05, 0.1) is 17.5 Å². The number of hydrogen-bond donors (Lipinski definition) is 0. The molecule has 0 saturated heterocycles. The molecule has 1 aliphatic rings. The van der Waals surface area contributed by atoms with Crippen molar-refractivity contribution in [2.24, 2.45) is 0 Å². The Morgan fingerprint density at radius 2 is 1.61 bits per heavy atom. The van der Waals surface area contributed by atoms with Gasteiger partial charge in [-0.15, -0.1) is 0 Å². The third-order valence-electron chi connectivity index (χ3n) is 3.79. The third kappa shape index (κ3) is 2.73. The van der Waals surface area contributed by atoms with Crippen molar-refractivity contribution in [3.63, 3.8) is 0 Å². The number of aryl methyl sites for hydroxylation is 2. The predicted molar refractivity (Wildman–Crippen MR) is 82.7 cm³/mol. The topological polar surface area (TPSA) is 63.7 Å². The maximum Gasteiger partial charge on any atom is 0.337 e. The molecule has 1 heterocycles. The molecule has 0 spiro atoms. The predicted octanol–water partition coefficient (Wildman–Crippen LogP) is 2.60. The van der Waals surface area contributed by atoms with Crippen LogP contribution in [0.5, 0.6) is 0 Å². The molecule has 23 heavy (non-hydrogen) atoms. The van der Waals surface area contributed by atoms with Crippen LogP contribution in [-0.4, -0.2) is 22.8 Å². The third-order valence-corrected chi connectivity index (χ3v) is 3.79. The molecule has 0 radical (unpaired) electrons. The summed E-state index contributed by atoms with van der Waals surface area (Å²) in [6, 6.07) is 12.1. The van der Waals surface area contributed by atoms with Gasteiger partial charge in [0.2, 0.25) is 0 Å². The van der Waals surface area contributed by atoms with Crippen molar-refractivity contribution in [2.45, 2.75) is 20.3 Å². The molecule has 0 aliphatic carbocycles. The fourth-order valence-electron chi connectivity index (χ4n) is 2.53. The molecule has 3 rings (SSSR count). The second kappa shape index (κ2) is 5.68. The molecule has 0 bridgehead atoms. The molecular weight excluding hydrogens is 294 g/mol. The Labute approximate surface area is 133 Å². The van der Waals surface area contributed by atoms with Crippen LogP contribution >= 0.6 is 0 Å². The maximum absolute atomic E-state index is 12.1. The molecule has 5 heteroatoms. The monoisotopic (exact) mass is 309 g/mol. The lowest BCUT2D eigenvalue weighted by atomic mass is 10.0. The first-order chi connectivity index (χ1) is 11.0. The highest BCUT2D eigenvalue weighted by Crippen LogP contribution is 2.23. The van der Waals surface area contributed by atoms with Crippen molar-refractivity contribution in [2.75, 3.05) is 0 Å². The molecule has 0 atom stereocenters. The molecule has 1 aliphatic heterocycles. The molecule has 0 saturated carbocycles. The lowest BCUT2D eigenvalue weighted by Gasteiger charge is -2.13. The van der Waals surface area contributed by atoms with Crippen molar-refractivity contribution < 1.29 is 19.2 Å². The van der Waals surface area contributed by atoms with Crippen molar-refractivity contribution >= 4 is 17.8 Å². The molecule has 2 amide bonds. The highest BCUT2D eigenvalue weighted by atomic mass is 16.7. The normalized spacial score (nSPS) is 13.2. The number of fused-ring (bicyclic) bond motifs is 1. The molecule has 2 aromatic carbocycles. The summed E-state index contributed by atoms with van der Waals surface area (Å²) < 4.78 is 0. The first-order valence-corrected chi connectivity index (χ1v) is 7.22. The summed E-state index contributed by atoms with van der Waals surface area (Å²) in [4.78, 5) is 41.4. The number of carbonyl (C=O) groups is 3. The molecule has 0 N–H and O–H groups in total. The van der Waals surface area contributed by atoms with Crippen LogP contribution in [0.3, 0.4) is 0 Å². The van der Waals surface area contributed by atoms with E-state index < -0.39 is 17.8 Å². The first-order valence-electron chi connectivity index (χ1n) is 7.22. The van der Waals surface area contributed by atoms with Gasteiger partial charge in [-0.1, -0.05) is 41.0 Å². The highest BCUT2D eigenvalue weighted by molar-refractivity contribution is 6.20. The van der Waals surface area contributed by atoms with E-state index in [1.807, 2.05) is 32.0 Å². The number of carbonyl (C=O) groups excluding carboxylic acids is 3. The Hall–Kier alpha value is -2.95. The number of nitrogens with zero attached hydrogens (tertiary/aromatic N) is 1. The number of rotatable bonds is 3. The second-order valence-corrected chi connectivity index (χ2v) is 5.52. The Morgan fingerprint density at radius 1 is 1.00 bits per heavy atom. The molecule has 2 aromatic rings. The van der Waals surface area contributed by atoms with Gasteiger partial charge in [0.1, 0.15) is 0 Å². The van der Waals surface area contributed by atoms with E-state index in [9.17, 15) is 14.4 Å². The molecular formula is C18H15NO4. The van der Waals surface area contributed by atoms with E-state index in [1.165, 1.54) is 12.1 Å². The zero-order valence-corrected chi connectivity index (χ0v) is 12.8. The van der Waals surface area contributed by atoms with Crippen LogP contribution in [0, 0.1) is 13.8 Å². The second-order valence-electron chi connectivity index (χ2n) is 5.52. The quantitative estimate of drug-likeness (QED) is 0.818. The minimum absolute atomic E-state index is 0.000911. The lowest BCUT2D eigenvalue weighted by Crippen LogP contribution is -2.33. The van der Waals surface area contributed by atoms with Crippen molar-refractivity contribution in [1.82, 2.24) is 5.06 Å². The zero-order valence-electron chi connectivity index (χ0n) is 12.8. The van der Waals surface area contributed by atoms with Crippen molar-refractivity contribution in [1.29, 1.82) is 0 Å². The minimum Gasteiger partial charge on any atom is -0.329 e. The van der Waals surface area contributed by atoms with Crippen LogP contribution in [0.2, 0.25) is 0 Å². The average molecular weight is 309 g/mol. The Kier molecular flexibility index (Phi) is 3.70. The lowest BCUT2D eigenvalue weighted by molar-refractivity contribution is -0.167. The number of benzene rings is 2. The number of hydrogen-bond acceptors (Lipinski definition) is 4. The molecule has 5 nitrogen and oxygen atoms in total. The van der Waals surface area contributed by atoms with Gasteiger partial charge in [-0.25, -0.2) is 4.79 Å². The summed E-state index contributed by atoms with van der Waals surface area (Å²) >= 11 is 0. The van der Waals surface area contributed by atoms with E-state index in [-0.39, 0.29) is 17.5 Å². The Morgan fingerprint density at radius 3 is 2.22 bits per heavy atom. The summed E-state index contributed by atoms with van der Waals surface area (Å²) in [5, 5.41) is 0.540. The molecule has 0 fully saturated rings. The van der Waals surface area contributed by atoms with Crippen LogP contribution in [0.4, 0.5) is 0 Å². The van der Waals surface area contributed by atoms with Gasteiger partial charge in [0.25, 0.3) is 11.8 Å². The fourth-order valence-corrected chi connectivity index (χ4v) is 2.53. The van der Waals surface area contributed by atoms with E-state index in [4.69, 9.17) is 4.84 Å². The summed E-state index contributed by atoms with van der Waals surface area (Å²) in [5.41, 5.74) is 3.29. The molecule has 116 valence electrons. The van der Waals surface area contributed by atoms with Gasteiger partial charge >= 0.3 is 5.97 Å². The summed E-state index contributed by atoms with van der Waals surface area (Å²) in [7, 11) is 0. The van der Waals surface area contributed by atoms with Gasteiger partial charge in [-0.2, -0.15) is 0 Å². The summed E-state index contributed by atoms with van der Waals surface area (Å²) in [5.74, 6) is -1.87. The van der Waals surface area contributed by atoms with Gasteiger partial charge in [-0.3, -0.25) is 9.59 Å². The first kappa shape index (κ1) is 15.0. The highest BCUT2D eigenvalue weighted by Gasteiger charge is 2.38. The van der Waals surface area contributed by atoms with Crippen LogP contribution in [0.25, 0.3) is 0 Å². The largest absolute Gasteiger partial charge is 0.337 e. The number of amides is 2. The van der Waals surface area contributed by atoms with Gasteiger partial charge in [-0.05, 0) is 37.1 Å². The van der Waals surface area contributed by atoms with Crippen molar-refractivity contribution in [3.05, 3.63) is 70.3 Å². The zero-order chi connectivity index (χ0) is 16.6. The molecule has 0 aromatic heterocycles. The van der Waals surface area contributed by atoms with Crippen LogP contribution in [-0.2, 0) is 16.1 Å². The van der Waals surface area contributed by atoms with E-state index >= 15 is 0 Å². The van der Waals surface area contributed by atoms with Crippen molar-refractivity contribution in [3.8, 4) is 0 Å². The smallest absolute Gasteiger partial charge is 0.329 e. The number of hydroxylamine groups is 2. The van der Waals surface area contributed by atoms with Crippen LogP contribution in [0.15, 0.2) is 42.5 Å².